The quantitative estimate of drug-likeness (QED) is 0.912. The van der Waals surface area contributed by atoms with Gasteiger partial charge in [0.05, 0.1) is 5.69 Å². The second-order valence-electron chi connectivity index (χ2n) is 6.62. The van der Waals surface area contributed by atoms with E-state index in [9.17, 15) is 4.79 Å². The van der Waals surface area contributed by atoms with Crippen molar-refractivity contribution in [2.45, 2.75) is 53.6 Å². The minimum Gasteiger partial charge on any atom is -0.397 e. The predicted octanol–water partition coefficient (Wildman–Crippen LogP) is 3.16. The normalized spacial score (nSPS) is 13.7. The first-order valence-corrected chi connectivity index (χ1v) is 6.80. The molecule has 1 unspecified atom stereocenters. The summed E-state index contributed by atoms with van der Waals surface area (Å²) < 4.78 is 1.93. The summed E-state index contributed by atoms with van der Waals surface area (Å²) in [6.45, 7) is 12.6. The van der Waals surface area contributed by atoms with Crippen LogP contribution in [-0.2, 0) is 0 Å². The van der Waals surface area contributed by atoms with Gasteiger partial charge in [-0.2, -0.15) is 0 Å². The number of nitrogen functional groups attached to an aromatic ring is 1. The summed E-state index contributed by atoms with van der Waals surface area (Å²) in [5.41, 5.74) is 7.16. The summed E-state index contributed by atoms with van der Waals surface area (Å²) in [6.07, 6.45) is 1.83. The summed E-state index contributed by atoms with van der Waals surface area (Å²) >= 11 is 0. The van der Waals surface area contributed by atoms with Crippen molar-refractivity contribution >= 4 is 11.6 Å². The molecule has 0 aliphatic carbocycles. The monoisotopic (exact) mass is 265 g/mol. The first kappa shape index (κ1) is 15.6. The Morgan fingerprint density at radius 1 is 1.32 bits per heavy atom. The van der Waals surface area contributed by atoms with E-state index >= 15 is 0 Å². The standard InChI is InChI=1S/C15H27N3O/c1-10(2)18-9-12(16)8-13(18)14(19)17(7)11(3)15(4,5)6/h8-11H,16H2,1-7H3. The summed E-state index contributed by atoms with van der Waals surface area (Å²) in [6, 6.07) is 2.13. The number of carbonyl (C=O) groups is 1. The second-order valence-corrected chi connectivity index (χ2v) is 6.62. The highest BCUT2D eigenvalue weighted by Crippen LogP contribution is 2.25. The van der Waals surface area contributed by atoms with Gasteiger partial charge in [-0.15, -0.1) is 0 Å². The lowest BCUT2D eigenvalue weighted by Gasteiger charge is -2.35. The lowest BCUT2D eigenvalue weighted by Crippen LogP contribution is -2.43. The van der Waals surface area contributed by atoms with Gasteiger partial charge < -0.3 is 15.2 Å². The third kappa shape index (κ3) is 3.31. The lowest BCUT2D eigenvalue weighted by atomic mass is 9.87. The molecule has 0 aliphatic heterocycles. The largest absolute Gasteiger partial charge is 0.397 e. The zero-order valence-corrected chi connectivity index (χ0v) is 13.2. The van der Waals surface area contributed by atoms with Crippen LogP contribution in [0.25, 0.3) is 0 Å². The van der Waals surface area contributed by atoms with Gasteiger partial charge in [0, 0.05) is 25.3 Å². The number of aromatic nitrogens is 1. The van der Waals surface area contributed by atoms with E-state index in [1.165, 1.54) is 0 Å². The van der Waals surface area contributed by atoms with Crippen molar-refractivity contribution in [1.82, 2.24) is 9.47 Å². The van der Waals surface area contributed by atoms with Crippen molar-refractivity contribution in [2.24, 2.45) is 5.41 Å². The summed E-state index contributed by atoms with van der Waals surface area (Å²) in [7, 11) is 1.85. The molecular weight excluding hydrogens is 238 g/mol. The Balaban J connectivity index is 3.07. The number of carbonyl (C=O) groups excluding carboxylic acids is 1. The van der Waals surface area contributed by atoms with Crippen LogP contribution in [-0.4, -0.2) is 28.5 Å². The Morgan fingerprint density at radius 2 is 1.84 bits per heavy atom. The van der Waals surface area contributed by atoms with Crippen molar-refractivity contribution < 1.29 is 4.79 Å². The Kier molecular flexibility index (Phi) is 4.33. The molecule has 1 atom stereocenters. The zero-order chi connectivity index (χ0) is 15.0. The van der Waals surface area contributed by atoms with E-state index in [1.807, 2.05) is 31.7 Å². The highest BCUT2D eigenvalue weighted by Gasteiger charge is 2.29. The molecule has 0 saturated carbocycles. The van der Waals surface area contributed by atoms with Crippen LogP contribution in [0.2, 0.25) is 0 Å². The van der Waals surface area contributed by atoms with Crippen LogP contribution < -0.4 is 5.73 Å². The van der Waals surface area contributed by atoms with Gasteiger partial charge in [-0.05, 0) is 32.3 Å². The molecule has 1 aromatic heterocycles. The number of amides is 1. The Labute approximate surface area is 116 Å². The highest BCUT2D eigenvalue weighted by atomic mass is 16.2. The molecule has 0 spiro atoms. The van der Waals surface area contributed by atoms with E-state index in [0.29, 0.717) is 11.4 Å². The smallest absolute Gasteiger partial charge is 0.270 e. The molecule has 0 fully saturated rings. The first-order chi connectivity index (χ1) is 8.55. The first-order valence-electron chi connectivity index (χ1n) is 6.80. The van der Waals surface area contributed by atoms with Gasteiger partial charge in [-0.3, -0.25) is 4.79 Å². The van der Waals surface area contributed by atoms with E-state index in [2.05, 4.69) is 27.7 Å². The minimum absolute atomic E-state index is 0.0211. The van der Waals surface area contributed by atoms with Crippen LogP contribution >= 0.6 is 0 Å². The number of nitrogens with zero attached hydrogens (tertiary/aromatic N) is 2. The van der Waals surface area contributed by atoms with Gasteiger partial charge in [-0.25, -0.2) is 0 Å². The molecular formula is C15H27N3O. The molecule has 0 bridgehead atoms. The van der Waals surface area contributed by atoms with E-state index in [0.717, 1.165) is 0 Å². The van der Waals surface area contributed by atoms with Crippen molar-refractivity contribution in [3.8, 4) is 0 Å². The number of hydrogen-bond donors (Lipinski definition) is 1. The maximum atomic E-state index is 12.6. The van der Waals surface area contributed by atoms with Crippen LogP contribution in [0, 0.1) is 5.41 Å². The molecule has 1 amide bonds. The van der Waals surface area contributed by atoms with Gasteiger partial charge in [0.15, 0.2) is 0 Å². The number of nitrogens with two attached hydrogens (primary N) is 1. The van der Waals surface area contributed by atoms with Crippen LogP contribution in [0.3, 0.4) is 0 Å². The average molecular weight is 265 g/mol. The molecule has 1 aromatic rings. The van der Waals surface area contributed by atoms with E-state index < -0.39 is 0 Å². The fourth-order valence-electron chi connectivity index (χ4n) is 2.04. The molecule has 19 heavy (non-hydrogen) atoms. The molecule has 108 valence electrons. The molecule has 0 aliphatic rings. The summed E-state index contributed by atoms with van der Waals surface area (Å²) in [5, 5.41) is 0. The maximum absolute atomic E-state index is 12.6. The van der Waals surface area contributed by atoms with Crippen molar-refractivity contribution in [3.05, 3.63) is 18.0 Å². The molecule has 1 heterocycles. The maximum Gasteiger partial charge on any atom is 0.270 e. The van der Waals surface area contributed by atoms with Crippen LogP contribution in [0.4, 0.5) is 5.69 Å². The van der Waals surface area contributed by atoms with E-state index in [1.54, 1.807) is 11.0 Å². The van der Waals surface area contributed by atoms with E-state index in [4.69, 9.17) is 5.73 Å². The van der Waals surface area contributed by atoms with Gasteiger partial charge in [0.1, 0.15) is 5.69 Å². The summed E-state index contributed by atoms with van der Waals surface area (Å²) in [4.78, 5) is 14.4. The number of rotatable bonds is 3. The van der Waals surface area contributed by atoms with Crippen molar-refractivity contribution in [2.75, 3.05) is 12.8 Å². The van der Waals surface area contributed by atoms with Gasteiger partial charge >= 0.3 is 0 Å². The van der Waals surface area contributed by atoms with Crippen molar-refractivity contribution in [1.29, 1.82) is 0 Å². The number of anilines is 1. The molecule has 2 N–H and O–H groups in total. The van der Waals surface area contributed by atoms with Crippen LogP contribution in [0.5, 0.6) is 0 Å². The van der Waals surface area contributed by atoms with Crippen molar-refractivity contribution in [3.63, 3.8) is 0 Å². The SMILES string of the molecule is CC(C)n1cc(N)cc1C(=O)N(C)C(C)C(C)(C)C. The summed E-state index contributed by atoms with van der Waals surface area (Å²) in [5.74, 6) is 0.0211. The number of hydrogen-bond acceptors (Lipinski definition) is 2. The Morgan fingerprint density at radius 3 is 2.26 bits per heavy atom. The average Bonchev–Trinajstić information content (AvgIpc) is 2.67. The van der Waals surface area contributed by atoms with Crippen LogP contribution in [0.1, 0.15) is 58.1 Å². The lowest BCUT2D eigenvalue weighted by molar-refractivity contribution is 0.0617. The fraction of sp³-hybridized carbons (Fsp3) is 0.667. The fourth-order valence-corrected chi connectivity index (χ4v) is 2.04. The van der Waals surface area contributed by atoms with Gasteiger partial charge in [-0.1, -0.05) is 20.8 Å². The zero-order valence-electron chi connectivity index (χ0n) is 13.2. The van der Waals surface area contributed by atoms with E-state index in [-0.39, 0.29) is 23.4 Å². The predicted molar refractivity (Wildman–Crippen MR) is 80.2 cm³/mol. The highest BCUT2D eigenvalue weighted by molar-refractivity contribution is 5.94. The third-order valence-electron chi connectivity index (χ3n) is 3.80. The Hall–Kier alpha value is -1.45. The molecule has 0 radical (unpaired) electrons. The molecule has 4 nitrogen and oxygen atoms in total. The third-order valence-corrected chi connectivity index (χ3v) is 3.80. The van der Waals surface area contributed by atoms with Crippen LogP contribution in [0.15, 0.2) is 12.3 Å². The molecule has 4 heteroatoms. The molecule has 0 aromatic carbocycles. The molecule has 1 rings (SSSR count). The molecule has 0 saturated heterocycles. The minimum atomic E-state index is 0.0211. The van der Waals surface area contributed by atoms with Gasteiger partial charge in [0.25, 0.3) is 5.91 Å². The second kappa shape index (κ2) is 5.27. The topological polar surface area (TPSA) is 51.3 Å². The Bertz CT molecular complexity index is 454. The van der Waals surface area contributed by atoms with Gasteiger partial charge in [0.2, 0.25) is 0 Å².